The Hall–Kier alpha value is -0.650. The monoisotopic (exact) mass is 227 g/mol. The molecule has 0 aromatic carbocycles. The molecule has 1 aromatic rings. The van der Waals surface area contributed by atoms with Crippen LogP contribution in [0.1, 0.15) is 19.0 Å². The zero-order chi connectivity index (χ0) is 10.7. The highest BCUT2D eigenvalue weighted by atomic mass is 32.1. The maximum Gasteiger partial charge on any atom is 0.185 e. The van der Waals surface area contributed by atoms with E-state index in [1.807, 2.05) is 5.38 Å². The Bertz CT molecular complexity index is 315. The Morgan fingerprint density at radius 2 is 2.60 bits per heavy atom. The summed E-state index contributed by atoms with van der Waals surface area (Å²) in [5, 5.41) is 3.11. The van der Waals surface area contributed by atoms with Crippen LogP contribution in [0.15, 0.2) is 5.38 Å². The number of thiazole rings is 1. The lowest BCUT2D eigenvalue weighted by Gasteiger charge is -2.32. The van der Waals surface area contributed by atoms with Gasteiger partial charge in [0.05, 0.1) is 18.4 Å². The van der Waals surface area contributed by atoms with Gasteiger partial charge in [-0.2, -0.15) is 0 Å². The molecule has 2 N–H and O–H groups in total. The smallest absolute Gasteiger partial charge is 0.185 e. The number of morpholine rings is 1. The molecule has 0 radical (unpaired) electrons. The number of ether oxygens (including phenoxy) is 1. The number of rotatable bonds is 3. The molecule has 5 heteroatoms. The van der Waals surface area contributed by atoms with E-state index in [1.165, 1.54) is 0 Å². The van der Waals surface area contributed by atoms with E-state index < -0.39 is 0 Å². The van der Waals surface area contributed by atoms with E-state index in [2.05, 4.69) is 16.8 Å². The van der Waals surface area contributed by atoms with Gasteiger partial charge in [-0.3, -0.25) is 0 Å². The van der Waals surface area contributed by atoms with Crippen LogP contribution >= 0.6 is 11.3 Å². The fourth-order valence-electron chi connectivity index (χ4n) is 1.68. The Labute approximate surface area is 94.1 Å². The predicted octanol–water partition coefficient (Wildman–Crippen LogP) is 1.22. The largest absolute Gasteiger partial charge is 0.375 e. The molecule has 2 rings (SSSR count). The van der Waals surface area contributed by atoms with Crippen molar-refractivity contribution in [3.63, 3.8) is 0 Å². The number of hydrogen-bond donors (Lipinski definition) is 1. The molecular weight excluding hydrogens is 210 g/mol. The first-order valence-corrected chi connectivity index (χ1v) is 6.22. The number of nitrogens with zero attached hydrogens (tertiary/aromatic N) is 2. The molecular formula is C10H17N3OS. The van der Waals surface area contributed by atoms with Crippen LogP contribution in [0, 0.1) is 0 Å². The van der Waals surface area contributed by atoms with E-state index in [1.54, 1.807) is 11.3 Å². The van der Waals surface area contributed by atoms with E-state index >= 15 is 0 Å². The number of anilines is 1. The summed E-state index contributed by atoms with van der Waals surface area (Å²) in [6, 6.07) is 0. The summed E-state index contributed by atoms with van der Waals surface area (Å²) < 4.78 is 5.62. The van der Waals surface area contributed by atoms with Crippen LogP contribution in [-0.2, 0) is 11.3 Å². The van der Waals surface area contributed by atoms with Gasteiger partial charge >= 0.3 is 0 Å². The molecule has 1 unspecified atom stereocenters. The van der Waals surface area contributed by atoms with E-state index in [0.717, 1.165) is 36.9 Å². The number of nitrogens with two attached hydrogens (primary N) is 1. The van der Waals surface area contributed by atoms with Gasteiger partial charge in [-0.15, -0.1) is 11.3 Å². The number of hydrogen-bond acceptors (Lipinski definition) is 5. The second-order valence-corrected chi connectivity index (χ2v) is 4.51. The van der Waals surface area contributed by atoms with Gasteiger partial charge < -0.3 is 15.4 Å². The Balaban J connectivity index is 2.03. The maximum atomic E-state index is 5.62. The Morgan fingerprint density at radius 3 is 3.27 bits per heavy atom. The quantitative estimate of drug-likeness (QED) is 0.843. The number of aromatic nitrogens is 1. The maximum absolute atomic E-state index is 5.62. The van der Waals surface area contributed by atoms with Crippen molar-refractivity contribution in [1.29, 1.82) is 0 Å². The first-order valence-electron chi connectivity index (χ1n) is 5.34. The zero-order valence-electron chi connectivity index (χ0n) is 8.98. The first kappa shape index (κ1) is 10.9. The van der Waals surface area contributed by atoms with Gasteiger partial charge in [-0.1, -0.05) is 6.92 Å². The molecule has 0 saturated carbocycles. The summed E-state index contributed by atoms with van der Waals surface area (Å²) in [6.07, 6.45) is 1.41. The van der Waals surface area contributed by atoms with Crippen molar-refractivity contribution in [2.24, 2.45) is 5.73 Å². The van der Waals surface area contributed by atoms with Crippen LogP contribution in [0.4, 0.5) is 5.13 Å². The van der Waals surface area contributed by atoms with Gasteiger partial charge in [0.2, 0.25) is 0 Å². The minimum absolute atomic E-state index is 0.351. The molecule has 1 saturated heterocycles. The van der Waals surface area contributed by atoms with E-state index in [0.29, 0.717) is 12.6 Å². The van der Waals surface area contributed by atoms with E-state index in [4.69, 9.17) is 10.5 Å². The minimum atomic E-state index is 0.351. The van der Waals surface area contributed by atoms with Crippen LogP contribution in [-0.4, -0.2) is 30.8 Å². The molecule has 0 aliphatic carbocycles. The summed E-state index contributed by atoms with van der Waals surface area (Å²) in [5.41, 5.74) is 6.53. The second-order valence-electron chi connectivity index (χ2n) is 3.67. The summed E-state index contributed by atoms with van der Waals surface area (Å²) in [7, 11) is 0. The van der Waals surface area contributed by atoms with Crippen LogP contribution in [0.2, 0.25) is 0 Å². The summed E-state index contributed by atoms with van der Waals surface area (Å²) in [4.78, 5) is 6.78. The average Bonchev–Trinajstić information content (AvgIpc) is 2.78. The third-order valence-electron chi connectivity index (χ3n) is 2.61. The SMILES string of the molecule is CCC1CN(c2nc(CN)cs2)CCO1. The standard InChI is InChI=1S/C10H17N3OS/c1-2-9-6-13(3-4-14-9)10-12-8(5-11)7-15-10/h7,9H,2-6,11H2,1H3. The van der Waals surface area contributed by atoms with Crippen LogP contribution in [0.3, 0.4) is 0 Å². The van der Waals surface area contributed by atoms with E-state index in [9.17, 15) is 0 Å². The minimum Gasteiger partial charge on any atom is -0.375 e. The van der Waals surface area contributed by atoms with Crippen LogP contribution in [0.5, 0.6) is 0 Å². The molecule has 0 amide bonds. The molecule has 84 valence electrons. The third kappa shape index (κ3) is 2.48. The molecule has 1 fully saturated rings. The molecule has 1 aromatic heterocycles. The highest BCUT2D eigenvalue weighted by molar-refractivity contribution is 7.13. The Morgan fingerprint density at radius 1 is 1.73 bits per heavy atom. The van der Waals surface area contributed by atoms with Gasteiger partial charge in [-0.25, -0.2) is 4.98 Å². The topological polar surface area (TPSA) is 51.4 Å². The van der Waals surface area contributed by atoms with Crippen LogP contribution < -0.4 is 10.6 Å². The molecule has 0 bridgehead atoms. The lowest BCUT2D eigenvalue weighted by molar-refractivity contribution is 0.0384. The van der Waals surface area contributed by atoms with Crippen molar-refractivity contribution >= 4 is 16.5 Å². The van der Waals surface area contributed by atoms with Crippen molar-refractivity contribution in [2.45, 2.75) is 26.0 Å². The molecule has 0 spiro atoms. The normalized spacial score (nSPS) is 22.0. The highest BCUT2D eigenvalue weighted by Crippen LogP contribution is 2.23. The van der Waals surface area contributed by atoms with E-state index in [-0.39, 0.29) is 0 Å². The summed E-state index contributed by atoms with van der Waals surface area (Å²) >= 11 is 1.67. The second kappa shape index (κ2) is 4.92. The van der Waals surface area contributed by atoms with Crippen molar-refractivity contribution in [2.75, 3.05) is 24.6 Å². The molecule has 1 aliphatic heterocycles. The van der Waals surface area contributed by atoms with Crippen molar-refractivity contribution in [1.82, 2.24) is 4.98 Å². The lowest BCUT2D eigenvalue weighted by Crippen LogP contribution is -2.42. The fourth-order valence-corrected chi connectivity index (χ4v) is 2.55. The van der Waals surface area contributed by atoms with Gasteiger partial charge in [0.15, 0.2) is 5.13 Å². The summed E-state index contributed by atoms with van der Waals surface area (Å²) in [6.45, 7) is 5.37. The van der Waals surface area contributed by atoms with Crippen molar-refractivity contribution < 1.29 is 4.74 Å². The van der Waals surface area contributed by atoms with Gasteiger partial charge in [0, 0.05) is 25.0 Å². The van der Waals surface area contributed by atoms with Gasteiger partial charge in [0.1, 0.15) is 0 Å². The third-order valence-corrected chi connectivity index (χ3v) is 3.56. The Kier molecular flexibility index (Phi) is 3.56. The molecule has 2 heterocycles. The summed E-state index contributed by atoms with van der Waals surface area (Å²) in [5.74, 6) is 0. The highest BCUT2D eigenvalue weighted by Gasteiger charge is 2.20. The molecule has 1 atom stereocenters. The lowest BCUT2D eigenvalue weighted by atomic mass is 10.2. The molecule has 4 nitrogen and oxygen atoms in total. The van der Waals surface area contributed by atoms with Crippen LogP contribution in [0.25, 0.3) is 0 Å². The van der Waals surface area contributed by atoms with Crippen molar-refractivity contribution in [3.8, 4) is 0 Å². The molecule has 1 aliphatic rings. The van der Waals surface area contributed by atoms with Gasteiger partial charge in [0.25, 0.3) is 0 Å². The first-order chi connectivity index (χ1) is 7.33. The molecule has 15 heavy (non-hydrogen) atoms. The average molecular weight is 227 g/mol. The predicted molar refractivity (Wildman–Crippen MR) is 62.2 cm³/mol. The van der Waals surface area contributed by atoms with Gasteiger partial charge in [-0.05, 0) is 6.42 Å². The fraction of sp³-hybridized carbons (Fsp3) is 0.700. The van der Waals surface area contributed by atoms with Crippen molar-refractivity contribution in [3.05, 3.63) is 11.1 Å². The zero-order valence-corrected chi connectivity index (χ0v) is 9.80.